The second-order valence-corrected chi connectivity index (χ2v) is 6.89. The van der Waals surface area contributed by atoms with Crippen LogP contribution in [0.25, 0.3) is 0 Å². The first kappa shape index (κ1) is 18.2. The zero-order valence-corrected chi connectivity index (χ0v) is 14.0. The number of hydrogen-bond donors (Lipinski definition) is 3. The molecule has 0 unspecified atom stereocenters. The van der Waals surface area contributed by atoms with Crippen LogP contribution in [0.5, 0.6) is 0 Å². The molecule has 0 aliphatic carbocycles. The average Bonchev–Trinajstić information content (AvgIpc) is 2.50. The van der Waals surface area contributed by atoms with E-state index in [0.717, 1.165) is 44.9 Å². The maximum atomic E-state index is 11.5. The first-order valence-electron chi connectivity index (χ1n) is 8.35. The molecule has 0 spiro atoms. The van der Waals surface area contributed by atoms with Crippen molar-refractivity contribution in [2.24, 2.45) is 5.92 Å². The number of carbonyl (C=O) groups is 1. The van der Waals surface area contributed by atoms with Crippen molar-refractivity contribution in [2.45, 2.75) is 58.5 Å². The zero-order valence-electron chi connectivity index (χ0n) is 14.0. The minimum Gasteiger partial charge on any atom is -0.444 e. The molecule has 0 saturated carbocycles. The number of unbranched alkanes of at least 4 members (excludes halogenated alkanes) is 1. The molecule has 0 bridgehead atoms. The summed E-state index contributed by atoms with van der Waals surface area (Å²) >= 11 is 0. The highest BCUT2D eigenvalue weighted by atomic mass is 16.6. The quantitative estimate of drug-likeness (QED) is 0.682. The molecule has 1 rings (SSSR count). The Hall–Kier alpha value is -0.810. The van der Waals surface area contributed by atoms with Crippen molar-refractivity contribution in [3.63, 3.8) is 0 Å². The number of ether oxygens (including phenoxy) is 1. The van der Waals surface area contributed by atoms with Crippen LogP contribution in [0.3, 0.4) is 0 Å². The maximum Gasteiger partial charge on any atom is 0.407 e. The van der Waals surface area contributed by atoms with Crippen molar-refractivity contribution in [2.75, 3.05) is 32.7 Å². The van der Waals surface area contributed by atoms with E-state index in [2.05, 4.69) is 16.0 Å². The van der Waals surface area contributed by atoms with Gasteiger partial charge in [-0.25, -0.2) is 4.79 Å². The van der Waals surface area contributed by atoms with Crippen LogP contribution < -0.4 is 16.0 Å². The average molecular weight is 299 g/mol. The van der Waals surface area contributed by atoms with Crippen LogP contribution in [0, 0.1) is 5.92 Å². The number of amides is 1. The summed E-state index contributed by atoms with van der Waals surface area (Å²) in [5.74, 6) is 0.770. The van der Waals surface area contributed by atoms with E-state index in [9.17, 15) is 4.79 Å². The van der Waals surface area contributed by atoms with Crippen LogP contribution in [0.4, 0.5) is 4.79 Å². The molecule has 1 heterocycles. The van der Waals surface area contributed by atoms with E-state index in [1.165, 1.54) is 19.3 Å². The number of rotatable bonds is 5. The van der Waals surface area contributed by atoms with Gasteiger partial charge in [0.1, 0.15) is 5.60 Å². The summed E-state index contributed by atoms with van der Waals surface area (Å²) in [6, 6.07) is 0. The highest BCUT2D eigenvalue weighted by Gasteiger charge is 2.15. The molecule has 0 aromatic rings. The van der Waals surface area contributed by atoms with Crippen molar-refractivity contribution in [1.82, 2.24) is 16.0 Å². The number of carbonyl (C=O) groups excluding carboxylic acids is 1. The molecule has 1 saturated heterocycles. The number of hydrogen-bond acceptors (Lipinski definition) is 4. The Morgan fingerprint density at radius 2 is 1.95 bits per heavy atom. The van der Waals surface area contributed by atoms with Crippen molar-refractivity contribution in [1.29, 1.82) is 0 Å². The first-order chi connectivity index (χ1) is 9.97. The molecule has 1 atom stereocenters. The SMILES string of the molecule is CC(C)(C)OC(=O)NCCCC[C@H]1CCCNCCNC1. The summed E-state index contributed by atoms with van der Waals surface area (Å²) in [6.45, 7) is 10.8. The molecule has 0 aromatic heterocycles. The van der Waals surface area contributed by atoms with E-state index >= 15 is 0 Å². The van der Waals surface area contributed by atoms with E-state index in [1.807, 2.05) is 20.8 Å². The molecule has 124 valence electrons. The molecule has 0 radical (unpaired) electrons. The van der Waals surface area contributed by atoms with Gasteiger partial charge in [0.05, 0.1) is 0 Å². The summed E-state index contributed by atoms with van der Waals surface area (Å²) in [5, 5.41) is 9.76. The fraction of sp³-hybridized carbons (Fsp3) is 0.938. The van der Waals surface area contributed by atoms with Crippen molar-refractivity contribution >= 4 is 6.09 Å². The Morgan fingerprint density at radius 1 is 1.19 bits per heavy atom. The van der Waals surface area contributed by atoms with Gasteiger partial charge in [0.25, 0.3) is 0 Å². The summed E-state index contributed by atoms with van der Waals surface area (Å²) < 4.78 is 5.21. The van der Waals surface area contributed by atoms with Crippen molar-refractivity contribution in [3.05, 3.63) is 0 Å². The van der Waals surface area contributed by atoms with Crippen LogP contribution in [-0.2, 0) is 4.74 Å². The standard InChI is InChI=1S/C16H33N3O2/c1-16(2,3)21-15(20)19-10-5-4-7-14-8-6-9-17-11-12-18-13-14/h14,17-18H,4-13H2,1-3H3,(H,19,20)/t14-/m0/s1. The van der Waals surface area contributed by atoms with Gasteiger partial charge in [-0.1, -0.05) is 6.42 Å². The van der Waals surface area contributed by atoms with Crippen molar-refractivity contribution < 1.29 is 9.53 Å². The number of alkyl carbamates (subject to hydrolysis) is 1. The Balaban J connectivity index is 2.05. The lowest BCUT2D eigenvalue weighted by molar-refractivity contribution is 0.0527. The van der Waals surface area contributed by atoms with Gasteiger partial charge in [0.15, 0.2) is 0 Å². The smallest absolute Gasteiger partial charge is 0.407 e. The van der Waals surface area contributed by atoms with E-state index in [4.69, 9.17) is 4.74 Å². The molecule has 1 fully saturated rings. The fourth-order valence-corrected chi connectivity index (χ4v) is 2.53. The van der Waals surface area contributed by atoms with Crippen LogP contribution in [0.2, 0.25) is 0 Å². The van der Waals surface area contributed by atoms with Crippen LogP contribution >= 0.6 is 0 Å². The predicted molar refractivity (Wildman–Crippen MR) is 86.6 cm³/mol. The van der Waals surface area contributed by atoms with Crippen molar-refractivity contribution in [3.8, 4) is 0 Å². The Morgan fingerprint density at radius 3 is 2.71 bits per heavy atom. The molecule has 5 nitrogen and oxygen atoms in total. The third kappa shape index (κ3) is 10.5. The van der Waals surface area contributed by atoms with Crippen LogP contribution in [0.1, 0.15) is 52.9 Å². The topological polar surface area (TPSA) is 62.4 Å². The monoisotopic (exact) mass is 299 g/mol. The minimum absolute atomic E-state index is 0.308. The van der Waals surface area contributed by atoms with Crippen LogP contribution in [-0.4, -0.2) is 44.4 Å². The Kier molecular flexibility index (Phi) is 8.69. The lowest BCUT2D eigenvalue weighted by Crippen LogP contribution is -2.33. The maximum absolute atomic E-state index is 11.5. The van der Waals surface area contributed by atoms with Gasteiger partial charge >= 0.3 is 6.09 Å². The van der Waals surface area contributed by atoms with E-state index in [0.29, 0.717) is 6.54 Å². The highest BCUT2D eigenvalue weighted by molar-refractivity contribution is 5.67. The molecule has 1 aliphatic rings. The molecular formula is C16H33N3O2. The van der Waals surface area contributed by atoms with Gasteiger partial charge in [-0.2, -0.15) is 0 Å². The van der Waals surface area contributed by atoms with Gasteiger partial charge in [0.2, 0.25) is 0 Å². The Bertz CT molecular complexity index is 280. The summed E-state index contributed by atoms with van der Waals surface area (Å²) in [7, 11) is 0. The summed E-state index contributed by atoms with van der Waals surface area (Å²) in [4.78, 5) is 11.5. The highest BCUT2D eigenvalue weighted by Crippen LogP contribution is 2.14. The molecule has 5 heteroatoms. The van der Waals surface area contributed by atoms with E-state index < -0.39 is 5.60 Å². The first-order valence-corrected chi connectivity index (χ1v) is 8.35. The van der Waals surface area contributed by atoms with Gasteiger partial charge < -0.3 is 20.7 Å². The molecule has 0 aromatic carbocycles. The van der Waals surface area contributed by atoms with Crippen LogP contribution in [0.15, 0.2) is 0 Å². The largest absolute Gasteiger partial charge is 0.444 e. The zero-order chi connectivity index (χ0) is 15.6. The van der Waals surface area contributed by atoms with Gasteiger partial charge in [-0.15, -0.1) is 0 Å². The summed E-state index contributed by atoms with van der Waals surface area (Å²) in [5.41, 5.74) is -0.416. The fourth-order valence-electron chi connectivity index (χ4n) is 2.53. The third-order valence-corrected chi connectivity index (χ3v) is 3.58. The molecular weight excluding hydrogens is 266 g/mol. The second kappa shape index (κ2) is 10.0. The molecule has 21 heavy (non-hydrogen) atoms. The number of nitrogens with one attached hydrogen (secondary N) is 3. The Labute approximate surface area is 129 Å². The van der Waals surface area contributed by atoms with Gasteiger partial charge in [0, 0.05) is 19.6 Å². The molecule has 1 amide bonds. The molecule has 1 aliphatic heterocycles. The predicted octanol–water partition coefficient (Wildman–Crippen LogP) is 2.27. The van der Waals surface area contributed by atoms with E-state index in [-0.39, 0.29) is 6.09 Å². The minimum atomic E-state index is -0.416. The third-order valence-electron chi connectivity index (χ3n) is 3.58. The molecule has 3 N–H and O–H groups in total. The van der Waals surface area contributed by atoms with Gasteiger partial charge in [-0.3, -0.25) is 0 Å². The second-order valence-electron chi connectivity index (χ2n) is 6.89. The normalized spacial score (nSPS) is 21.0. The lowest BCUT2D eigenvalue weighted by Gasteiger charge is -2.20. The summed E-state index contributed by atoms with van der Waals surface area (Å²) in [6.07, 6.45) is 5.67. The van der Waals surface area contributed by atoms with E-state index in [1.54, 1.807) is 0 Å². The lowest BCUT2D eigenvalue weighted by atomic mass is 9.96. The van der Waals surface area contributed by atoms with Gasteiger partial charge in [-0.05, 0) is 65.5 Å².